The van der Waals surface area contributed by atoms with Gasteiger partial charge in [0.2, 0.25) is 0 Å². The molecule has 1 aromatic heterocycles. The first-order valence-electron chi connectivity index (χ1n) is 5.92. The highest BCUT2D eigenvalue weighted by atomic mass is 16.3. The SMILES string of the molecule is CCc1ccc(NC(CN)c2ccco2)cc1. The fourth-order valence-corrected chi connectivity index (χ4v) is 1.77. The van der Waals surface area contributed by atoms with Crippen LogP contribution in [0.5, 0.6) is 0 Å². The van der Waals surface area contributed by atoms with E-state index in [0.717, 1.165) is 17.9 Å². The van der Waals surface area contributed by atoms with Gasteiger partial charge in [0.05, 0.1) is 12.3 Å². The van der Waals surface area contributed by atoms with E-state index in [1.165, 1.54) is 5.56 Å². The molecule has 0 aliphatic rings. The molecule has 3 nitrogen and oxygen atoms in total. The molecule has 0 fully saturated rings. The Morgan fingerprint density at radius 2 is 2.00 bits per heavy atom. The summed E-state index contributed by atoms with van der Waals surface area (Å²) in [4.78, 5) is 0. The number of anilines is 1. The molecule has 2 rings (SSSR count). The molecule has 3 heteroatoms. The maximum absolute atomic E-state index is 5.75. The van der Waals surface area contributed by atoms with Crippen molar-refractivity contribution in [3.63, 3.8) is 0 Å². The molecule has 0 radical (unpaired) electrons. The molecule has 0 amide bonds. The molecule has 1 heterocycles. The molecule has 0 bridgehead atoms. The van der Waals surface area contributed by atoms with E-state index in [0.29, 0.717) is 6.54 Å². The summed E-state index contributed by atoms with van der Waals surface area (Å²) in [6, 6.07) is 12.2. The van der Waals surface area contributed by atoms with Crippen LogP contribution in [0, 0.1) is 0 Å². The van der Waals surface area contributed by atoms with Crippen LogP contribution in [0.4, 0.5) is 5.69 Å². The Hall–Kier alpha value is -1.74. The molecule has 2 aromatic rings. The summed E-state index contributed by atoms with van der Waals surface area (Å²) >= 11 is 0. The zero-order valence-electron chi connectivity index (χ0n) is 10.0. The van der Waals surface area contributed by atoms with Gasteiger partial charge in [-0.15, -0.1) is 0 Å². The van der Waals surface area contributed by atoms with E-state index in [9.17, 15) is 0 Å². The van der Waals surface area contributed by atoms with Crippen LogP contribution in [0.15, 0.2) is 47.1 Å². The highest BCUT2D eigenvalue weighted by Gasteiger charge is 2.11. The average molecular weight is 230 g/mol. The number of nitrogens with one attached hydrogen (secondary N) is 1. The van der Waals surface area contributed by atoms with Crippen molar-refractivity contribution >= 4 is 5.69 Å². The van der Waals surface area contributed by atoms with E-state index in [1.54, 1.807) is 6.26 Å². The first-order valence-corrected chi connectivity index (χ1v) is 5.92. The predicted octanol–water partition coefficient (Wildman–Crippen LogP) is 2.95. The Bertz CT molecular complexity index is 434. The van der Waals surface area contributed by atoms with Crippen molar-refractivity contribution < 1.29 is 4.42 Å². The number of furan rings is 1. The van der Waals surface area contributed by atoms with Crippen molar-refractivity contribution in [2.45, 2.75) is 19.4 Å². The van der Waals surface area contributed by atoms with Gasteiger partial charge >= 0.3 is 0 Å². The van der Waals surface area contributed by atoms with Gasteiger partial charge in [-0.1, -0.05) is 19.1 Å². The lowest BCUT2D eigenvalue weighted by Crippen LogP contribution is -2.19. The van der Waals surface area contributed by atoms with Crippen LogP contribution in [0.3, 0.4) is 0 Å². The lowest BCUT2D eigenvalue weighted by atomic mass is 10.1. The van der Waals surface area contributed by atoms with Crippen molar-refractivity contribution in [3.8, 4) is 0 Å². The molecule has 17 heavy (non-hydrogen) atoms. The first-order chi connectivity index (χ1) is 8.33. The standard InChI is InChI=1S/C14H18N2O/c1-2-11-5-7-12(8-6-11)16-13(10-15)14-4-3-9-17-14/h3-9,13,16H,2,10,15H2,1H3. The lowest BCUT2D eigenvalue weighted by Gasteiger charge is -2.16. The van der Waals surface area contributed by atoms with Gasteiger partial charge in [-0.25, -0.2) is 0 Å². The summed E-state index contributed by atoms with van der Waals surface area (Å²) in [5, 5.41) is 3.36. The Balaban J connectivity index is 2.07. The van der Waals surface area contributed by atoms with Gasteiger partial charge in [-0.05, 0) is 36.2 Å². The van der Waals surface area contributed by atoms with Gasteiger partial charge in [0.25, 0.3) is 0 Å². The molecule has 1 atom stereocenters. The molecular formula is C14H18N2O. The molecule has 0 saturated carbocycles. The minimum Gasteiger partial charge on any atom is -0.467 e. The molecule has 1 unspecified atom stereocenters. The summed E-state index contributed by atoms with van der Waals surface area (Å²) < 4.78 is 5.36. The van der Waals surface area contributed by atoms with Crippen molar-refractivity contribution in [1.82, 2.24) is 0 Å². The van der Waals surface area contributed by atoms with Gasteiger partial charge in [0, 0.05) is 12.2 Å². The number of hydrogen-bond donors (Lipinski definition) is 2. The van der Waals surface area contributed by atoms with Gasteiger partial charge in [-0.2, -0.15) is 0 Å². The molecule has 0 aliphatic heterocycles. The van der Waals surface area contributed by atoms with E-state index in [-0.39, 0.29) is 6.04 Å². The number of hydrogen-bond acceptors (Lipinski definition) is 3. The first kappa shape index (κ1) is 11.7. The van der Waals surface area contributed by atoms with Crippen molar-refractivity contribution in [2.24, 2.45) is 5.73 Å². The highest BCUT2D eigenvalue weighted by molar-refractivity contribution is 5.46. The fraction of sp³-hybridized carbons (Fsp3) is 0.286. The predicted molar refractivity (Wildman–Crippen MR) is 69.9 cm³/mol. The molecule has 3 N–H and O–H groups in total. The van der Waals surface area contributed by atoms with Gasteiger partial charge < -0.3 is 15.5 Å². The Morgan fingerprint density at radius 3 is 2.53 bits per heavy atom. The second-order valence-electron chi connectivity index (χ2n) is 4.00. The monoisotopic (exact) mass is 230 g/mol. The number of benzene rings is 1. The van der Waals surface area contributed by atoms with Crippen molar-refractivity contribution in [1.29, 1.82) is 0 Å². The molecule has 0 spiro atoms. The number of rotatable bonds is 5. The van der Waals surface area contributed by atoms with Gasteiger partial charge in [0.15, 0.2) is 0 Å². The minimum atomic E-state index is 0.0254. The van der Waals surface area contributed by atoms with Crippen LogP contribution in [0.2, 0.25) is 0 Å². The summed E-state index contributed by atoms with van der Waals surface area (Å²) in [6.45, 7) is 2.65. The third-order valence-electron chi connectivity index (χ3n) is 2.83. The molecule has 0 saturated heterocycles. The quantitative estimate of drug-likeness (QED) is 0.830. The molecule has 90 valence electrons. The maximum atomic E-state index is 5.75. The Morgan fingerprint density at radius 1 is 1.24 bits per heavy atom. The smallest absolute Gasteiger partial charge is 0.127 e. The van der Waals surface area contributed by atoms with Gasteiger partial charge in [0.1, 0.15) is 5.76 Å². The lowest BCUT2D eigenvalue weighted by molar-refractivity contribution is 0.482. The second kappa shape index (κ2) is 5.55. The van der Waals surface area contributed by atoms with Crippen molar-refractivity contribution in [2.75, 3.05) is 11.9 Å². The van der Waals surface area contributed by atoms with Crippen LogP contribution in [-0.4, -0.2) is 6.54 Å². The van der Waals surface area contributed by atoms with Crippen LogP contribution >= 0.6 is 0 Å². The zero-order valence-corrected chi connectivity index (χ0v) is 10.0. The second-order valence-corrected chi connectivity index (χ2v) is 4.00. The van der Waals surface area contributed by atoms with E-state index in [2.05, 4.69) is 36.5 Å². The number of nitrogens with two attached hydrogens (primary N) is 1. The van der Waals surface area contributed by atoms with E-state index < -0.39 is 0 Å². The number of aryl methyl sites for hydroxylation is 1. The van der Waals surface area contributed by atoms with Crippen LogP contribution in [-0.2, 0) is 6.42 Å². The fourth-order valence-electron chi connectivity index (χ4n) is 1.77. The van der Waals surface area contributed by atoms with Crippen LogP contribution in [0.25, 0.3) is 0 Å². The summed E-state index contributed by atoms with van der Waals surface area (Å²) in [6.07, 6.45) is 2.72. The molecular weight excluding hydrogens is 212 g/mol. The van der Waals surface area contributed by atoms with E-state index >= 15 is 0 Å². The third-order valence-corrected chi connectivity index (χ3v) is 2.83. The van der Waals surface area contributed by atoms with Gasteiger partial charge in [-0.3, -0.25) is 0 Å². The van der Waals surface area contributed by atoms with E-state index in [1.807, 2.05) is 12.1 Å². The maximum Gasteiger partial charge on any atom is 0.127 e. The zero-order chi connectivity index (χ0) is 12.1. The van der Waals surface area contributed by atoms with E-state index in [4.69, 9.17) is 10.2 Å². The molecule has 1 aromatic carbocycles. The molecule has 0 aliphatic carbocycles. The largest absolute Gasteiger partial charge is 0.467 e. The minimum absolute atomic E-state index is 0.0254. The normalized spacial score (nSPS) is 12.4. The Kier molecular flexibility index (Phi) is 3.83. The summed E-state index contributed by atoms with van der Waals surface area (Å²) in [5.74, 6) is 0.868. The van der Waals surface area contributed by atoms with Crippen LogP contribution in [0.1, 0.15) is 24.3 Å². The van der Waals surface area contributed by atoms with Crippen molar-refractivity contribution in [3.05, 3.63) is 54.0 Å². The van der Waals surface area contributed by atoms with Crippen LogP contribution < -0.4 is 11.1 Å². The third kappa shape index (κ3) is 2.88. The highest BCUT2D eigenvalue weighted by Crippen LogP contribution is 2.19. The Labute approximate surface area is 102 Å². The average Bonchev–Trinajstić information content (AvgIpc) is 2.90. The summed E-state index contributed by atoms with van der Waals surface area (Å²) in [5.41, 5.74) is 8.14. The summed E-state index contributed by atoms with van der Waals surface area (Å²) in [7, 11) is 0. The topological polar surface area (TPSA) is 51.2 Å².